The number of para-hydroxylation sites is 1. The molecule has 1 amide bonds. The number of amides is 1. The highest BCUT2D eigenvalue weighted by Crippen LogP contribution is 2.32. The summed E-state index contributed by atoms with van der Waals surface area (Å²) in [4.78, 5) is 24.7. The van der Waals surface area contributed by atoms with Crippen LogP contribution >= 0.6 is 0 Å². The number of carbonyl (C=O) groups excluding carboxylic acids is 2. The van der Waals surface area contributed by atoms with Crippen molar-refractivity contribution in [1.82, 2.24) is 0 Å². The van der Waals surface area contributed by atoms with Crippen LogP contribution in [0.3, 0.4) is 0 Å². The maximum atomic E-state index is 13.7. The minimum Gasteiger partial charge on any atom is -0.302 e. The summed E-state index contributed by atoms with van der Waals surface area (Å²) in [7, 11) is 0. The highest BCUT2D eigenvalue weighted by Gasteiger charge is 2.38. The van der Waals surface area contributed by atoms with Gasteiger partial charge in [0.15, 0.2) is 0 Å². The maximum absolute atomic E-state index is 13.7. The van der Waals surface area contributed by atoms with Crippen molar-refractivity contribution >= 4 is 17.4 Å². The van der Waals surface area contributed by atoms with Gasteiger partial charge in [0, 0.05) is 6.54 Å². The van der Waals surface area contributed by atoms with Crippen LogP contribution in [-0.2, 0) is 4.79 Å². The van der Waals surface area contributed by atoms with E-state index in [4.69, 9.17) is 0 Å². The largest absolute Gasteiger partial charge is 0.302 e. The molecule has 0 spiro atoms. The van der Waals surface area contributed by atoms with Gasteiger partial charge in [-0.1, -0.05) is 26.3 Å². The van der Waals surface area contributed by atoms with Crippen LogP contribution in [0.15, 0.2) is 18.2 Å². The number of Topliss-reactive ketones (excluding diaryl/α,β-unsaturated/α-hetero) is 1. The zero-order valence-electron chi connectivity index (χ0n) is 9.87. The number of ketones is 1. The van der Waals surface area contributed by atoms with Crippen LogP contribution in [0.2, 0.25) is 0 Å². The first-order valence-corrected chi connectivity index (χ1v) is 5.71. The number of hydrogen-bond acceptors (Lipinski definition) is 2. The second-order valence-electron chi connectivity index (χ2n) is 4.39. The highest BCUT2D eigenvalue weighted by molar-refractivity contribution is 6.52. The normalized spacial score (nSPS) is 16.3. The number of halogens is 1. The lowest BCUT2D eigenvalue weighted by Crippen LogP contribution is -2.33. The molecule has 0 saturated heterocycles. The van der Waals surface area contributed by atoms with E-state index >= 15 is 0 Å². The molecule has 17 heavy (non-hydrogen) atoms. The molecule has 0 saturated carbocycles. The number of hydrogen-bond donors (Lipinski definition) is 0. The van der Waals surface area contributed by atoms with Gasteiger partial charge in [0.05, 0.1) is 11.3 Å². The fourth-order valence-corrected chi connectivity index (χ4v) is 1.93. The Bertz CT molecular complexity index is 484. The third kappa shape index (κ3) is 1.84. The van der Waals surface area contributed by atoms with E-state index in [0.29, 0.717) is 6.54 Å². The highest BCUT2D eigenvalue weighted by atomic mass is 19.1. The number of benzene rings is 1. The van der Waals surface area contributed by atoms with Crippen molar-refractivity contribution in [2.45, 2.75) is 20.3 Å². The number of carbonyl (C=O) groups is 2. The van der Waals surface area contributed by atoms with Crippen molar-refractivity contribution in [2.75, 3.05) is 11.4 Å². The minimum absolute atomic E-state index is 0.141. The van der Waals surface area contributed by atoms with E-state index < -0.39 is 17.5 Å². The Kier molecular flexibility index (Phi) is 2.96. The van der Waals surface area contributed by atoms with E-state index in [9.17, 15) is 14.0 Å². The van der Waals surface area contributed by atoms with Gasteiger partial charge in [0.1, 0.15) is 5.82 Å². The first-order valence-electron chi connectivity index (χ1n) is 5.71. The Labute approximate surface area is 99.2 Å². The lowest BCUT2D eigenvalue weighted by molar-refractivity contribution is -0.114. The van der Waals surface area contributed by atoms with Crippen molar-refractivity contribution in [3.05, 3.63) is 29.6 Å². The zero-order valence-corrected chi connectivity index (χ0v) is 9.87. The monoisotopic (exact) mass is 235 g/mol. The Morgan fingerprint density at radius 2 is 2.06 bits per heavy atom. The van der Waals surface area contributed by atoms with Gasteiger partial charge >= 0.3 is 0 Å². The van der Waals surface area contributed by atoms with E-state index in [0.717, 1.165) is 6.42 Å². The second-order valence-corrected chi connectivity index (χ2v) is 4.39. The molecule has 1 aromatic rings. The first-order chi connectivity index (χ1) is 8.06. The molecule has 90 valence electrons. The van der Waals surface area contributed by atoms with Gasteiger partial charge in [-0.3, -0.25) is 9.59 Å². The molecule has 0 fully saturated rings. The average Bonchev–Trinajstić information content (AvgIpc) is 2.56. The molecule has 1 aliphatic heterocycles. The van der Waals surface area contributed by atoms with E-state index in [1.807, 2.05) is 13.8 Å². The van der Waals surface area contributed by atoms with E-state index in [2.05, 4.69) is 0 Å². The fourth-order valence-electron chi connectivity index (χ4n) is 1.93. The van der Waals surface area contributed by atoms with Gasteiger partial charge in [-0.05, 0) is 18.1 Å². The summed E-state index contributed by atoms with van der Waals surface area (Å²) < 4.78 is 13.7. The fraction of sp³-hybridized carbons (Fsp3) is 0.385. The molecule has 2 rings (SSSR count). The molecule has 0 aliphatic carbocycles. The number of rotatable bonds is 3. The van der Waals surface area contributed by atoms with Crippen molar-refractivity contribution in [2.24, 2.45) is 5.92 Å². The number of nitrogens with zero attached hydrogens (tertiary/aromatic N) is 1. The Hall–Kier alpha value is -1.71. The predicted octanol–water partition coefficient (Wildman–Crippen LogP) is 2.40. The molecular weight excluding hydrogens is 221 g/mol. The van der Waals surface area contributed by atoms with E-state index in [-0.39, 0.29) is 17.2 Å². The Morgan fingerprint density at radius 3 is 2.71 bits per heavy atom. The summed E-state index contributed by atoms with van der Waals surface area (Å²) in [6, 6.07) is 4.22. The predicted molar refractivity (Wildman–Crippen MR) is 62.5 cm³/mol. The lowest BCUT2D eigenvalue weighted by atomic mass is 10.1. The summed E-state index contributed by atoms with van der Waals surface area (Å²) in [5.74, 6) is -1.50. The van der Waals surface area contributed by atoms with Crippen molar-refractivity contribution < 1.29 is 14.0 Å². The van der Waals surface area contributed by atoms with Gasteiger partial charge < -0.3 is 4.90 Å². The van der Waals surface area contributed by atoms with Crippen LogP contribution in [0.25, 0.3) is 0 Å². The summed E-state index contributed by atoms with van der Waals surface area (Å²) in [5.41, 5.74) is 0.320. The number of fused-ring (bicyclic) bond motifs is 1. The topological polar surface area (TPSA) is 37.4 Å². The SMILES string of the molecule is CC[C@H](C)CN1C(=O)C(=O)c2cccc(F)c21. The van der Waals surface area contributed by atoms with Gasteiger partial charge in [0.2, 0.25) is 0 Å². The molecule has 0 N–H and O–H groups in total. The summed E-state index contributed by atoms with van der Waals surface area (Å²) in [6.07, 6.45) is 0.877. The molecule has 1 heterocycles. The maximum Gasteiger partial charge on any atom is 0.299 e. The smallest absolute Gasteiger partial charge is 0.299 e. The lowest BCUT2D eigenvalue weighted by Gasteiger charge is -2.20. The molecule has 3 nitrogen and oxygen atoms in total. The van der Waals surface area contributed by atoms with Crippen LogP contribution in [-0.4, -0.2) is 18.2 Å². The summed E-state index contributed by atoms with van der Waals surface area (Å²) in [6.45, 7) is 4.35. The van der Waals surface area contributed by atoms with Crippen LogP contribution in [0.4, 0.5) is 10.1 Å². The van der Waals surface area contributed by atoms with Crippen LogP contribution < -0.4 is 4.90 Å². The average molecular weight is 235 g/mol. The van der Waals surface area contributed by atoms with E-state index in [1.165, 1.54) is 23.1 Å². The molecule has 0 aromatic heterocycles. The first kappa shape index (κ1) is 11.8. The molecule has 4 heteroatoms. The van der Waals surface area contributed by atoms with Gasteiger partial charge in [-0.15, -0.1) is 0 Å². The summed E-state index contributed by atoms with van der Waals surface area (Å²) >= 11 is 0. The van der Waals surface area contributed by atoms with Crippen molar-refractivity contribution in [1.29, 1.82) is 0 Å². The third-order valence-electron chi connectivity index (χ3n) is 3.13. The van der Waals surface area contributed by atoms with Crippen LogP contribution in [0.5, 0.6) is 0 Å². The third-order valence-corrected chi connectivity index (χ3v) is 3.13. The molecule has 1 aromatic carbocycles. The van der Waals surface area contributed by atoms with Crippen LogP contribution in [0, 0.1) is 11.7 Å². The molecular formula is C13H14FNO2. The molecule has 0 bridgehead atoms. The summed E-state index contributed by atoms with van der Waals surface area (Å²) in [5, 5.41) is 0. The zero-order chi connectivity index (χ0) is 12.6. The quantitative estimate of drug-likeness (QED) is 0.754. The van der Waals surface area contributed by atoms with Gasteiger partial charge in [0.25, 0.3) is 11.7 Å². The molecule has 0 radical (unpaired) electrons. The van der Waals surface area contributed by atoms with Crippen LogP contribution in [0.1, 0.15) is 30.6 Å². The Balaban J connectivity index is 2.43. The van der Waals surface area contributed by atoms with E-state index in [1.54, 1.807) is 0 Å². The number of anilines is 1. The second kappa shape index (κ2) is 4.28. The molecule has 0 unspecified atom stereocenters. The van der Waals surface area contributed by atoms with Crippen molar-refractivity contribution in [3.63, 3.8) is 0 Å². The van der Waals surface area contributed by atoms with Gasteiger partial charge in [-0.25, -0.2) is 4.39 Å². The molecule has 1 aliphatic rings. The Morgan fingerprint density at radius 1 is 1.35 bits per heavy atom. The standard InChI is InChI=1S/C13H14FNO2/c1-3-8(2)7-15-11-9(12(16)13(15)17)5-4-6-10(11)14/h4-6,8H,3,7H2,1-2H3/t8-/m0/s1. The minimum atomic E-state index is -0.620. The molecule has 1 atom stereocenters. The van der Waals surface area contributed by atoms with Crippen molar-refractivity contribution in [3.8, 4) is 0 Å². The van der Waals surface area contributed by atoms with Gasteiger partial charge in [-0.2, -0.15) is 0 Å².